The molecular weight excluding hydrogens is 457 g/mol. The number of likely N-dealkylation sites (tertiary alicyclic amines) is 1. The van der Waals surface area contributed by atoms with Gasteiger partial charge in [-0.25, -0.2) is 0 Å². The second-order valence-electron chi connectivity index (χ2n) is 9.09. The normalized spacial score (nSPS) is 28.1. The number of anilines is 1. The molecule has 3 amide bonds. The number of piperazine rings is 1. The van der Waals surface area contributed by atoms with Crippen LogP contribution in [0, 0.1) is 33.8 Å². The summed E-state index contributed by atoms with van der Waals surface area (Å²) in [5, 5.41) is 11.4. The van der Waals surface area contributed by atoms with Crippen LogP contribution in [0.3, 0.4) is 0 Å². The molecule has 0 N–H and O–H groups in total. The molecule has 180 valence electrons. The van der Waals surface area contributed by atoms with E-state index in [0.29, 0.717) is 6.07 Å². The lowest BCUT2D eigenvalue weighted by atomic mass is 9.85. The Morgan fingerprint density at radius 3 is 2.15 bits per heavy atom. The largest absolute Gasteiger partial charge is 0.416 e. The van der Waals surface area contributed by atoms with Crippen molar-refractivity contribution in [3.05, 3.63) is 46.0 Å². The highest BCUT2D eigenvalue weighted by atomic mass is 19.4. The Morgan fingerprint density at radius 1 is 1.03 bits per heavy atom. The molecule has 0 radical (unpaired) electrons. The number of nitrogens with zero attached hydrogens (tertiary/aromatic N) is 4. The van der Waals surface area contributed by atoms with E-state index in [-0.39, 0.29) is 73.9 Å². The lowest BCUT2D eigenvalue weighted by molar-refractivity contribution is -0.384. The van der Waals surface area contributed by atoms with Crippen molar-refractivity contribution >= 4 is 29.1 Å². The van der Waals surface area contributed by atoms with E-state index >= 15 is 0 Å². The third-order valence-corrected chi connectivity index (χ3v) is 7.33. The molecule has 2 saturated heterocycles. The van der Waals surface area contributed by atoms with Crippen LogP contribution in [0.5, 0.6) is 0 Å². The van der Waals surface area contributed by atoms with Gasteiger partial charge in [-0.15, -0.1) is 0 Å². The van der Waals surface area contributed by atoms with Gasteiger partial charge in [-0.2, -0.15) is 13.2 Å². The molecule has 3 fully saturated rings. The number of hydrogen-bond donors (Lipinski definition) is 0. The van der Waals surface area contributed by atoms with E-state index in [1.165, 1.54) is 4.90 Å². The molecule has 1 aromatic rings. The molecule has 1 saturated carbocycles. The van der Waals surface area contributed by atoms with Crippen LogP contribution in [0.15, 0.2) is 30.4 Å². The summed E-state index contributed by atoms with van der Waals surface area (Å²) in [5.41, 5.74) is -1.71. The van der Waals surface area contributed by atoms with Crippen molar-refractivity contribution in [1.82, 2.24) is 9.80 Å². The highest BCUT2D eigenvalue weighted by Crippen LogP contribution is 2.52. The molecule has 0 unspecified atom stereocenters. The Balaban J connectivity index is 1.23. The monoisotopic (exact) mass is 478 g/mol. The van der Waals surface area contributed by atoms with Crippen molar-refractivity contribution in [3.8, 4) is 0 Å². The molecule has 0 spiro atoms. The van der Waals surface area contributed by atoms with E-state index in [4.69, 9.17) is 0 Å². The molecule has 2 aliphatic carbocycles. The number of allylic oxidation sites excluding steroid dienone is 2. The SMILES string of the molecule is O=C(CN1C(=O)[C@@H]2[C@@H](C1=O)[C@H]1C=C[C@H]2C1)N1CCN(c2ccc(C(F)(F)F)cc2[N+](=O)[O-])CC1. The van der Waals surface area contributed by atoms with Crippen molar-refractivity contribution in [2.45, 2.75) is 12.6 Å². The van der Waals surface area contributed by atoms with E-state index in [2.05, 4.69) is 0 Å². The Labute approximate surface area is 191 Å². The average molecular weight is 478 g/mol. The van der Waals surface area contributed by atoms with Crippen LogP contribution in [0.2, 0.25) is 0 Å². The quantitative estimate of drug-likeness (QED) is 0.284. The number of fused-ring (bicyclic) bond motifs is 5. The van der Waals surface area contributed by atoms with E-state index < -0.39 is 28.3 Å². The van der Waals surface area contributed by atoms with Crippen LogP contribution in [-0.2, 0) is 20.6 Å². The Hall–Kier alpha value is -3.44. The first kappa shape index (κ1) is 22.4. The molecule has 4 atom stereocenters. The minimum atomic E-state index is -4.70. The summed E-state index contributed by atoms with van der Waals surface area (Å²) in [6, 6.07) is 2.38. The number of halogens is 3. The summed E-state index contributed by atoms with van der Waals surface area (Å²) in [7, 11) is 0. The second kappa shape index (κ2) is 7.81. The van der Waals surface area contributed by atoms with Crippen molar-refractivity contribution in [2.75, 3.05) is 37.6 Å². The number of imide groups is 1. The zero-order valence-electron chi connectivity index (χ0n) is 17.9. The van der Waals surface area contributed by atoms with Gasteiger partial charge in [0.2, 0.25) is 17.7 Å². The number of rotatable bonds is 4. The summed E-state index contributed by atoms with van der Waals surface area (Å²) in [4.78, 5) is 53.0. The Bertz CT molecular complexity index is 1080. The van der Waals surface area contributed by atoms with Crippen LogP contribution < -0.4 is 4.90 Å². The summed E-state index contributed by atoms with van der Waals surface area (Å²) in [5.74, 6) is -1.68. The fourth-order valence-electron chi connectivity index (χ4n) is 5.67. The van der Waals surface area contributed by atoms with Crippen molar-refractivity contribution in [2.24, 2.45) is 23.7 Å². The number of hydrogen-bond acceptors (Lipinski definition) is 6. The third-order valence-electron chi connectivity index (χ3n) is 7.33. The van der Waals surface area contributed by atoms with E-state index in [0.717, 1.165) is 23.5 Å². The van der Waals surface area contributed by atoms with Gasteiger partial charge in [0.15, 0.2) is 0 Å². The van der Waals surface area contributed by atoms with Crippen LogP contribution in [0.4, 0.5) is 24.5 Å². The first-order valence-electron chi connectivity index (χ1n) is 11.0. The third kappa shape index (κ3) is 3.51. The number of alkyl halides is 3. The van der Waals surface area contributed by atoms with Crippen LogP contribution in [0.1, 0.15) is 12.0 Å². The number of carbonyl (C=O) groups is 3. The van der Waals surface area contributed by atoms with Crippen LogP contribution >= 0.6 is 0 Å². The molecule has 12 heteroatoms. The first-order chi connectivity index (χ1) is 16.1. The first-order valence-corrected chi connectivity index (χ1v) is 11.0. The molecular formula is C22H21F3N4O5. The highest BCUT2D eigenvalue weighted by Gasteiger charge is 2.59. The number of amides is 3. The Morgan fingerprint density at radius 2 is 1.62 bits per heavy atom. The van der Waals surface area contributed by atoms with E-state index in [1.807, 2.05) is 12.2 Å². The minimum Gasteiger partial charge on any atom is -0.362 e. The van der Waals surface area contributed by atoms with Gasteiger partial charge in [0.1, 0.15) is 12.2 Å². The van der Waals surface area contributed by atoms with Gasteiger partial charge in [0, 0.05) is 32.2 Å². The fourth-order valence-corrected chi connectivity index (χ4v) is 5.67. The molecule has 9 nitrogen and oxygen atoms in total. The molecule has 1 aromatic carbocycles. The van der Waals surface area contributed by atoms with Gasteiger partial charge >= 0.3 is 6.18 Å². The standard InChI is InChI=1S/C22H21F3N4O5/c23-22(24,25)14-3-4-15(16(10-14)29(33)34)26-5-7-27(8-6-26)17(30)11-28-20(31)18-12-1-2-13(9-12)19(18)21(28)32/h1-4,10,12-13,18-19H,5-9,11H2/t12-,13-,18-,19-/m0/s1. The molecule has 5 rings (SSSR count). The summed E-state index contributed by atoms with van der Waals surface area (Å²) < 4.78 is 38.9. The summed E-state index contributed by atoms with van der Waals surface area (Å²) in [6.45, 7) is 0.308. The highest BCUT2D eigenvalue weighted by molar-refractivity contribution is 6.08. The lowest BCUT2D eigenvalue weighted by Crippen LogP contribution is -2.52. The molecule has 0 aromatic heterocycles. The van der Waals surface area contributed by atoms with Gasteiger partial charge in [-0.05, 0) is 30.4 Å². The maximum atomic E-state index is 13.0. The summed E-state index contributed by atoms with van der Waals surface area (Å²) >= 11 is 0. The zero-order valence-corrected chi connectivity index (χ0v) is 17.9. The van der Waals surface area contributed by atoms with E-state index in [9.17, 15) is 37.7 Å². The fraction of sp³-hybridized carbons (Fsp3) is 0.500. The Kier molecular flexibility index (Phi) is 5.14. The van der Waals surface area contributed by atoms with Crippen LogP contribution in [0.25, 0.3) is 0 Å². The van der Waals surface area contributed by atoms with E-state index in [1.54, 1.807) is 4.90 Å². The molecule has 2 heterocycles. The molecule has 2 aliphatic heterocycles. The molecule has 2 bridgehead atoms. The lowest BCUT2D eigenvalue weighted by Gasteiger charge is -2.36. The predicted molar refractivity (Wildman–Crippen MR) is 111 cm³/mol. The predicted octanol–water partition coefficient (Wildman–Crippen LogP) is 2.07. The average Bonchev–Trinajstić information content (AvgIpc) is 3.48. The molecule has 4 aliphatic rings. The topological polar surface area (TPSA) is 104 Å². The van der Waals surface area contributed by atoms with Crippen molar-refractivity contribution < 1.29 is 32.5 Å². The second-order valence-corrected chi connectivity index (χ2v) is 9.09. The van der Waals surface area contributed by atoms with Gasteiger partial charge < -0.3 is 9.80 Å². The number of benzene rings is 1. The maximum Gasteiger partial charge on any atom is 0.416 e. The number of carbonyl (C=O) groups excluding carboxylic acids is 3. The zero-order chi connectivity index (χ0) is 24.4. The minimum absolute atomic E-state index is 0.0470. The number of nitro benzene ring substituents is 1. The van der Waals surface area contributed by atoms with Crippen molar-refractivity contribution in [1.29, 1.82) is 0 Å². The van der Waals surface area contributed by atoms with Gasteiger partial charge in [0.05, 0.1) is 22.3 Å². The van der Waals surface area contributed by atoms with Gasteiger partial charge in [0.25, 0.3) is 5.69 Å². The van der Waals surface area contributed by atoms with Crippen LogP contribution in [-0.4, -0.2) is 65.2 Å². The maximum absolute atomic E-state index is 13.0. The smallest absolute Gasteiger partial charge is 0.362 e. The van der Waals surface area contributed by atoms with Gasteiger partial charge in [-0.3, -0.25) is 29.4 Å². The summed E-state index contributed by atoms with van der Waals surface area (Å²) in [6.07, 6.45) is 0.0452. The van der Waals surface area contributed by atoms with Crippen molar-refractivity contribution in [3.63, 3.8) is 0 Å². The number of nitro groups is 1. The van der Waals surface area contributed by atoms with Gasteiger partial charge in [-0.1, -0.05) is 12.2 Å². The molecule has 34 heavy (non-hydrogen) atoms.